The maximum absolute atomic E-state index is 4.47. The Labute approximate surface area is 234 Å². The Bertz CT molecular complexity index is 1200. The minimum absolute atomic E-state index is 0.804. The lowest BCUT2D eigenvalue weighted by molar-refractivity contribution is 0.284. The Morgan fingerprint density at radius 1 is 0.333 bits per heavy atom. The van der Waals surface area contributed by atoms with E-state index in [0.717, 1.165) is 47.3 Å². The summed E-state index contributed by atoms with van der Waals surface area (Å²) in [7, 11) is 0. The normalized spacial score (nSPS) is 41.8. The highest BCUT2D eigenvalue weighted by atomic mass is 79.9. The van der Waals surface area contributed by atoms with Gasteiger partial charge in [-0.05, 0) is 211 Å². The van der Waals surface area contributed by atoms with Crippen LogP contribution in [0.2, 0.25) is 0 Å². The molecule has 13 rings (SSSR count). The van der Waals surface area contributed by atoms with Gasteiger partial charge in [0.1, 0.15) is 0 Å². The van der Waals surface area contributed by atoms with Gasteiger partial charge in [-0.15, -0.1) is 0 Å². The minimum atomic E-state index is 0.804. The summed E-state index contributed by atoms with van der Waals surface area (Å²) in [5, 5.41) is 0. The Balaban J connectivity index is 1.38. The van der Waals surface area contributed by atoms with Crippen LogP contribution < -0.4 is 0 Å². The first-order valence-electron chi connectivity index (χ1n) is 15.7. The molecule has 0 aliphatic heterocycles. The first kappa shape index (κ1) is 22.5. The number of hydrogen-bond acceptors (Lipinski definition) is 0. The molecule has 0 amide bonds. The van der Waals surface area contributed by atoms with Gasteiger partial charge in [-0.3, -0.25) is 0 Å². The second kappa shape index (κ2) is 8.09. The van der Waals surface area contributed by atoms with Gasteiger partial charge in [-0.25, -0.2) is 0 Å². The van der Waals surface area contributed by atoms with Gasteiger partial charge in [-0.2, -0.15) is 0 Å². The minimum Gasteiger partial charge on any atom is -0.0550 e. The molecule has 0 heterocycles. The SMILES string of the molecule is BrC1=C(C2=C(c3c(Br)c4c(c5c3C3CCC5CC3)C3CCC4CC3)C3CCC2CC3)C2CCC1CC2. The molecule has 4 fully saturated rings. The van der Waals surface area contributed by atoms with Crippen LogP contribution in [0.5, 0.6) is 0 Å². The van der Waals surface area contributed by atoms with Gasteiger partial charge in [0.25, 0.3) is 0 Å². The van der Waals surface area contributed by atoms with Crippen LogP contribution >= 0.6 is 31.9 Å². The molecule has 0 spiro atoms. The van der Waals surface area contributed by atoms with Crippen LogP contribution in [0, 0.1) is 23.7 Å². The van der Waals surface area contributed by atoms with Crippen molar-refractivity contribution < 1.29 is 0 Å². The summed E-state index contributed by atoms with van der Waals surface area (Å²) in [4.78, 5) is 0. The van der Waals surface area contributed by atoms with Gasteiger partial charge >= 0.3 is 0 Å². The predicted molar refractivity (Wildman–Crippen MR) is 156 cm³/mol. The molecule has 1 aromatic carbocycles. The molecule has 12 aliphatic carbocycles. The number of fused-ring (bicyclic) bond motifs is 9. The van der Waals surface area contributed by atoms with Gasteiger partial charge in [-0.1, -0.05) is 15.9 Å². The van der Waals surface area contributed by atoms with E-state index >= 15 is 0 Å². The van der Waals surface area contributed by atoms with Crippen molar-refractivity contribution in [3.63, 3.8) is 0 Å². The first-order chi connectivity index (χ1) is 17.7. The molecular formula is C34H40Br2. The van der Waals surface area contributed by atoms with E-state index in [1.807, 2.05) is 39.0 Å². The largest absolute Gasteiger partial charge is 0.0550 e. The summed E-state index contributed by atoms with van der Waals surface area (Å²) in [6.07, 6.45) is 23.2. The summed E-state index contributed by atoms with van der Waals surface area (Å²) in [6, 6.07) is 0. The third kappa shape index (κ3) is 2.88. The monoisotopic (exact) mass is 606 g/mol. The molecule has 0 nitrogen and oxygen atoms in total. The van der Waals surface area contributed by atoms with Gasteiger partial charge in [0.2, 0.25) is 0 Å². The lowest BCUT2D eigenvalue weighted by Crippen LogP contribution is -2.35. The molecule has 1 aromatic rings. The predicted octanol–water partition coefficient (Wildman–Crippen LogP) is 11.0. The zero-order valence-electron chi connectivity index (χ0n) is 21.7. The average molecular weight is 609 g/mol. The maximum atomic E-state index is 4.47. The standard InChI is InChI=1S/C34H40Br2/c35-33-24-15-13-22(14-16-24)30(33)27-19-3-7-21(8-4-19)29(27)32-28-20-5-1-17(2-6-20)25(28)26-18-9-11-23(12-10-18)31(26)34(32)36/h17-24H,1-16H2. The second-order valence-corrected chi connectivity index (χ2v) is 15.8. The van der Waals surface area contributed by atoms with Crippen molar-refractivity contribution in [2.75, 3.05) is 0 Å². The first-order valence-corrected chi connectivity index (χ1v) is 17.3. The fourth-order valence-corrected chi connectivity index (χ4v) is 13.3. The average Bonchev–Trinajstić information content (AvgIpc) is 2.95. The van der Waals surface area contributed by atoms with Gasteiger partial charge in [0, 0.05) is 8.96 Å². The van der Waals surface area contributed by atoms with Crippen molar-refractivity contribution >= 4 is 37.4 Å². The molecule has 2 heteroatoms. The third-order valence-corrected chi connectivity index (χ3v) is 14.7. The second-order valence-electron chi connectivity index (χ2n) is 14.1. The highest BCUT2D eigenvalue weighted by Crippen LogP contribution is 2.65. The molecule has 36 heavy (non-hydrogen) atoms. The fourth-order valence-electron chi connectivity index (χ4n) is 11.3. The summed E-state index contributed by atoms with van der Waals surface area (Å²) in [5.41, 5.74) is 15.0. The molecule has 0 N–H and O–H groups in total. The third-order valence-electron chi connectivity index (χ3n) is 12.8. The van der Waals surface area contributed by atoms with Crippen LogP contribution in [0.1, 0.15) is 154 Å². The summed E-state index contributed by atoms with van der Waals surface area (Å²) >= 11 is 8.74. The zero-order valence-corrected chi connectivity index (χ0v) is 24.9. The lowest BCUT2D eigenvalue weighted by Gasteiger charge is -2.51. The van der Waals surface area contributed by atoms with Crippen LogP contribution in [0.4, 0.5) is 0 Å². The van der Waals surface area contributed by atoms with Gasteiger partial charge in [0.15, 0.2) is 0 Å². The van der Waals surface area contributed by atoms with E-state index in [0.29, 0.717) is 0 Å². The van der Waals surface area contributed by atoms with Crippen molar-refractivity contribution in [1.29, 1.82) is 0 Å². The van der Waals surface area contributed by atoms with E-state index < -0.39 is 0 Å². The lowest BCUT2D eigenvalue weighted by atomic mass is 9.54. The number of halogens is 2. The number of allylic oxidation sites excluding steroid dienone is 4. The van der Waals surface area contributed by atoms with Crippen molar-refractivity contribution in [3.8, 4) is 0 Å². The molecule has 0 saturated heterocycles. The molecule has 0 atom stereocenters. The topological polar surface area (TPSA) is 0 Å². The van der Waals surface area contributed by atoms with Gasteiger partial charge in [0.05, 0.1) is 0 Å². The molecular weight excluding hydrogens is 568 g/mol. The highest BCUT2D eigenvalue weighted by Gasteiger charge is 2.48. The summed E-state index contributed by atoms with van der Waals surface area (Å²) in [6.45, 7) is 0. The molecule has 4 saturated carbocycles. The van der Waals surface area contributed by atoms with E-state index in [1.54, 1.807) is 14.5 Å². The highest BCUT2D eigenvalue weighted by molar-refractivity contribution is 9.11. The molecule has 8 bridgehead atoms. The molecule has 0 unspecified atom stereocenters. The van der Waals surface area contributed by atoms with E-state index in [9.17, 15) is 0 Å². The van der Waals surface area contributed by atoms with Crippen molar-refractivity contribution in [3.05, 3.63) is 47.9 Å². The zero-order chi connectivity index (χ0) is 23.7. The quantitative estimate of drug-likeness (QED) is 0.313. The number of rotatable bonds is 2. The summed E-state index contributed by atoms with van der Waals surface area (Å²) < 4.78 is 3.25. The smallest absolute Gasteiger partial charge is 0.0291 e. The Morgan fingerprint density at radius 2 is 0.694 bits per heavy atom. The number of benzene rings is 1. The van der Waals surface area contributed by atoms with Crippen molar-refractivity contribution in [1.82, 2.24) is 0 Å². The van der Waals surface area contributed by atoms with Crippen LogP contribution in [0.15, 0.2) is 20.1 Å². The van der Waals surface area contributed by atoms with E-state index in [-0.39, 0.29) is 0 Å². The van der Waals surface area contributed by atoms with Gasteiger partial charge < -0.3 is 0 Å². The Hall–Kier alpha value is -0.340. The molecule has 190 valence electrons. The Kier molecular flexibility index (Phi) is 5.05. The molecule has 0 radical (unpaired) electrons. The van der Waals surface area contributed by atoms with Crippen molar-refractivity contribution in [2.24, 2.45) is 23.7 Å². The number of hydrogen-bond donors (Lipinski definition) is 0. The fraction of sp³-hybridized carbons (Fsp3) is 0.706. The van der Waals surface area contributed by atoms with Crippen LogP contribution in [-0.2, 0) is 0 Å². The maximum Gasteiger partial charge on any atom is 0.0291 e. The van der Waals surface area contributed by atoms with Crippen LogP contribution in [0.25, 0.3) is 5.57 Å². The van der Waals surface area contributed by atoms with Crippen molar-refractivity contribution in [2.45, 2.75) is 126 Å². The van der Waals surface area contributed by atoms with Crippen LogP contribution in [0.3, 0.4) is 0 Å². The molecule has 12 aliphatic rings. The molecule has 0 aromatic heterocycles. The van der Waals surface area contributed by atoms with Crippen LogP contribution in [-0.4, -0.2) is 0 Å². The Morgan fingerprint density at radius 3 is 1.22 bits per heavy atom. The van der Waals surface area contributed by atoms with E-state index in [2.05, 4.69) is 31.9 Å². The summed E-state index contributed by atoms with van der Waals surface area (Å²) in [5.74, 6) is 6.65. The van der Waals surface area contributed by atoms with E-state index in [1.165, 1.54) is 103 Å². The van der Waals surface area contributed by atoms with E-state index in [4.69, 9.17) is 0 Å².